The summed E-state index contributed by atoms with van der Waals surface area (Å²) in [5.41, 5.74) is 3.61. The highest BCUT2D eigenvalue weighted by molar-refractivity contribution is 7.89. The van der Waals surface area contributed by atoms with E-state index >= 15 is 0 Å². The van der Waals surface area contributed by atoms with Crippen LogP contribution in [-0.4, -0.2) is 15.5 Å². The van der Waals surface area contributed by atoms with E-state index in [4.69, 9.17) is 0 Å². The van der Waals surface area contributed by atoms with Crippen LogP contribution in [0.2, 0.25) is 0 Å². The molecule has 3 rings (SSSR count). The number of sulfonamides is 1. The second-order valence-electron chi connectivity index (χ2n) is 6.68. The first-order valence-electron chi connectivity index (χ1n) is 7.71. The van der Waals surface area contributed by atoms with Crippen LogP contribution in [-0.2, 0) is 16.4 Å². The normalized spacial score (nSPS) is 19.7. The van der Waals surface area contributed by atoms with Crippen LogP contribution in [0.4, 0.5) is 5.69 Å². The number of benzene rings is 2. The summed E-state index contributed by atoms with van der Waals surface area (Å²) in [6, 6.07) is 15.6. The van der Waals surface area contributed by atoms with Gasteiger partial charge in [0.15, 0.2) is 0 Å². The maximum Gasteiger partial charge on any atom is 0.240 e. The van der Waals surface area contributed by atoms with E-state index in [2.05, 4.69) is 42.1 Å². The minimum Gasteiger partial charge on any atom is -0.377 e. The Hall–Kier alpha value is -1.85. The Morgan fingerprint density at radius 3 is 2.39 bits per heavy atom. The number of para-hydroxylation sites is 1. The molecule has 1 heterocycles. The summed E-state index contributed by atoms with van der Waals surface area (Å²) in [4.78, 5) is 0.290. The Morgan fingerprint density at radius 1 is 1.09 bits per heavy atom. The van der Waals surface area contributed by atoms with Crippen LogP contribution in [0.3, 0.4) is 0 Å². The van der Waals surface area contributed by atoms with Crippen LogP contribution in [0.25, 0.3) is 0 Å². The SMILES string of the molecule is CNS(=O)(=O)c1ccc(C2Nc3ccccc3CC2(C)C)cc1. The van der Waals surface area contributed by atoms with Crippen LogP contribution in [0.1, 0.15) is 31.0 Å². The van der Waals surface area contributed by atoms with Gasteiger partial charge < -0.3 is 5.32 Å². The molecule has 0 aromatic heterocycles. The molecule has 0 radical (unpaired) electrons. The molecule has 1 unspecified atom stereocenters. The first-order valence-corrected chi connectivity index (χ1v) is 9.20. The minimum absolute atomic E-state index is 0.0394. The summed E-state index contributed by atoms with van der Waals surface area (Å²) in [7, 11) is -1.97. The highest BCUT2D eigenvalue weighted by Crippen LogP contribution is 2.44. The molecule has 1 atom stereocenters. The topological polar surface area (TPSA) is 58.2 Å². The van der Waals surface area contributed by atoms with Crippen LogP contribution < -0.4 is 10.0 Å². The molecule has 1 aliphatic rings. The summed E-state index contributed by atoms with van der Waals surface area (Å²) in [6.45, 7) is 4.47. The number of hydrogen-bond donors (Lipinski definition) is 2. The molecule has 2 aromatic rings. The van der Waals surface area contributed by atoms with E-state index in [-0.39, 0.29) is 16.4 Å². The van der Waals surface area contributed by atoms with E-state index in [0.717, 1.165) is 17.7 Å². The molecular formula is C18H22N2O2S. The summed E-state index contributed by atoms with van der Waals surface area (Å²) < 4.78 is 26.0. The summed E-state index contributed by atoms with van der Waals surface area (Å²) >= 11 is 0. The molecule has 0 fully saturated rings. The van der Waals surface area contributed by atoms with Crippen molar-refractivity contribution in [2.75, 3.05) is 12.4 Å². The molecule has 5 heteroatoms. The predicted octanol–water partition coefficient (Wildman–Crippen LogP) is 3.33. The number of nitrogens with one attached hydrogen (secondary N) is 2. The minimum atomic E-state index is -3.39. The fourth-order valence-corrected chi connectivity index (χ4v) is 3.98. The van der Waals surface area contributed by atoms with Crippen molar-refractivity contribution in [3.8, 4) is 0 Å². The smallest absolute Gasteiger partial charge is 0.240 e. The Bertz CT molecular complexity index is 811. The maximum atomic E-state index is 11.9. The van der Waals surface area contributed by atoms with Crippen molar-refractivity contribution < 1.29 is 8.42 Å². The third kappa shape index (κ3) is 2.99. The van der Waals surface area contributed by atoms with Crippen LogP contribution in [0.5, 0.6) is 0 Å². The number of anilines is 1. The molecular weight excluding hydrogens is 308 g/mol. The molecule has 1 aliphatic heterocycles. The number of hydrogen-bond acceptors (Lipinski definition) is 3. The molecule has 0 aliphatic carbocycles. The molecule has 0 amide bonds. The van der Waals surface area contributed by atoms with Crippen molar-refractivity contribution in [2.45, 2.75) is 31.2 Å². The fourth-order valence-electron chi connectivity index (χ4n) is 3.25. The number of fused-ring (bicyclic) bond motifs is 1. The molecule has 0 saturated heterocycles. The van der Waals surface area contributed by atoms with Gasteiger partial charge in [-0.25, -0.2) is 13.1 Å². The average Bonchev–Trinajstić information content (AvgIpc) is 2.53. The third-order valence-corrected chi connectivity index (χ3v) is 5.97. The lowest BCUT2D eigenvalue weighted by molar-refractivity contribution is 0.295. The van der Waals surface area contributed by atoms with Crippen molar-refractivity contribution >= 4 is 15.7 Å². The summed E-state index contributed by atoms with van der Waals surface area (Å²) in [6.07, 6.45) is 0.984. The zero-order valence-corrected chi connectivity index (χ0v) is 14.4. The Balaban J connectivity index is 1.95. The predicted molar refractivity (Wildman–Crippen MR) is 93.0 cm³/mol. The van der Waals surface area contributed by atoms with E-state index < -0.39 is 10.0 Å². The van der Waals surface area contributed by atoms with Gasteiger partial charge in [0.05, 0.1) is 10.9 Å². The van der Waals surface area contributed by atoms with Gasteiger partial charge in [-0.2, -0.15) is 0 Å². The summed E-state index contributed by atoms with van der Waals surface area (Å²) in [5, 5.41) is 3.61. The Kier molecular flexibility index (Phi) is 3.94. The van der Waals surface area contributed by atoms with E-state index in [0.29, 0.717) is 0 Å². The van der Waals surface area contributed by atoms with Gasteiger partial charge in [-0.15, -0.1) is 0 Å². The fraction of sp³-hybridized carbons (Fsp3) is 0.333. The van der Waals surface area contributed by atoms with Crippen molar-refractivity contribution in [1.29, 1.82) is 0 Å². The van der Waals surface area contributed by atoms with E-state index in [9.17, 15) is 8.42 Å². The first-order chi connectivity index (χ1) is 10.8. The van der Waals surface area contributed by atoms with Crippen LogP contribution in [0, 0.1) is 5.41 Å². The van der Waals surface area contributed by atoms with Gasteiger partial charge in [0.25, 0.3) is 0 Å². The van der Waals surface area contributed by atoms with Gasteiger partial charge in [0.1, 0.15) is 0 Å². The Morgan fingerprint density at radius 2 is 1.74 bits per heavy atom. The van der Waals surface area contributed by atoms with Gasteiger partial charge >= 0.3 is 0 Å². The molecule has 122 valence electrons. The van der Waals surface area contributed by atoms with Gasteiger partial charge in [0, 0.05) is 5.69 Å². The summed E-state index contributed by atoms with van der Waals surface area (Å²) in [5.74, 6) is 0. The zero-order chi connectivity index (χ0) is 16.7. The highest BCUT2D eigenvalue weighted by atomic mass is 32.2. The van der Waals surface area contributed by atoms with Crippen molar-refractivity contribution in [1.82, 2.24) is 4.72 Å². The van der Waals surface area contributed by atoms with E-state index in [1.165, 1.54) is 12.6 Å². The lowest BCUT2D eigenvalue weighted by atomic mass is 9.73. The average molecular weight is 330 g/mol. The van der Waals surface area contributed by atoms with Gasteiger partial charge in [0.2, 0.25) is 10.0 Å². The van der Waals surface area contributed by atoms with E-state index in [1.54, 1.807) is 12.1 Å². The Labute approximate surface area is 138 Å². The molecule has 4 nitrogen and oxygen atoms in total. The lowest BCUT2D eigenvalue weighted by Crippen LogP contribution is -2.34. The highest BCUT2D eigenvalue weighted by Gasteiger charge is 2.35. The first kappa shape index (κ1) is 16.0. The molecule has 0 bridgehead atoms. The lowest BCUT2D eigenvalue weighted by Gasteiger charge is -2.41. The molecule has 2 aromatic carbocycles. The van der Waals surface area contributed by atoms with Crippen LogP contribution in [0.15, 0.2) is 53.4 Å². The monoisotopic (exact) mass is 330 g/mol. The van der Waals surface area contributed by atoms with Crippen molar-refractivity contribution in [3.05, 3.63) is 59.7 Å². The van der Waals surface area contributed by atoms with E-state index in [1.807, 2.05) is 18.2 Å². The molecule has 2 N–H and O–H groups in total. The molecule has 23 heavy (non-hydrogen) atoms. The standard InChI is InChI=1S/C18H22N2O2S/c1-18(2)12-14-6-4-5-7-16(14)20-17(18)13-8-10-15(11-9-13)23(21,22)19-3/h4-11,17,19-20H,12H2,1-3H3. The third-order valence-electron chi connectivity index (χ3n) is 4.54. The van der Waals surface area contributed by atoms with Crippen LogP contribution >= 0.6 is 0 Å². The second-order valence-corrected chi connectivity index (χ2v) is 8.56. The molecule has 0 saturated carbocycles. The van der Waals surface area contributed by atoms with Gasteiger partial charge in [-0.3, -0.25) is 0 Å². The van der Waals surface area contributed by atoms with Gasteiger partial charge in [-0.1, -0.05) is 44.2 Å². The number of rotatable bonds is 3. The van der Waals surface area contributed by atoms with Crippen molar-refractivity contribution in [3.63, 3.8) is 0 Å². The molecule has 0 spiro atoms. The zero-order valence-electron chi connectivity index (χ0n) is 13.6. The quantitative estimate of drug-likeness (QED) is 0.907. The largest absolute Gasteiger partial charge is 0.377 e. The second kappa shape index (κ2) is 5.65. The van der Waals surface area contributed by atoms with Gasteiger partial charge in [-0.05, 0) is 48.2 Å². The maximum absolute atomic E-state index is 11.9. The van der Waals surface area contributed by atoms with Crippen molar-refractivity contribution in [2.24, 2.45) is 5.41 Å².